The van der Waals surface area contributed by atoms with Crippen molar-refractivity contribution in [3.8, 4) is 11.5 Å². The number of hydrogen-bond donors (Lipinski definition) is 0. The van der Waals surface area contributed by atoms with Gasteiger partial charge in [0.2, 0.25) is 0 Å². The van der Waals surface area contributed by atoms with Gasteiger partial charge in [-0.05, 0) is 24.3 Å². The summed E-state index contributed by atoms with van der Waals surface area (Å²) in [5.41, 5.74) is 2.64. The molecule has 4 aromatic rings. The minimum atomic E-state index is 0.755. The van der Waals surface area contributed by atoms with E-state index in [0.29, 0.717) is 0 Å². The maximum absolute atomic E-state index is 4.37. The van der Waals surface area contributed by atoms with E-state index in [4.69, 9.17) is 0 Å². The highest BCUT2D eigenvalue weighted by molar-refractivity contribution is 5.72. The Morgan fingerprint density at radius 1 is 0.900 bits per heavy atom. The van der Waals surface area contributed by atoms with Crippen LogP contribution in [0.3, 0.4) is 0 Å². The van der Waals surface area contributed by atoms with Crippen molar-refractivity contribution in [1.29, 1.82) is 0 Å². The second-order valence-corrected chi connectivity index (χ2v) is 4.28. The monoisotopic (exact) mass is 262 g/mol. The molecule has 0 saturated carbocycles. The number of nitrogens with zero attached hydrogens (tertiary/aromatic N) is 6. The molecule has 6 heteroatoms. The first-order valence-corrected chi connectivity index (χ1v) is 6.16. The fourth-order valence-corrected chi connectivity index (χ4v) is 2.13. The molecule has 6 nitrogen and oxygen atoms in total. The molecule has 0 spiro atoms. The molecule has 0 fully saturated rings. The van der Waals surface area contributed by atoms with Crippen LogP contribution >= 0.6 is 0 Å². The summed E-state index contributed by atoms with van der Waals surface area (Å²) in [7, 11) is 0. The Morgan fingerprint density at radius 3 is 2.80 bits per heavy atom. The maximum Gasteiger partial charge on any atom is 0.164 e. The molecular formula is C14H10N6. The van der Waals surface area contributed by atoms with Crippen molar-refractivity contribution in [2.75, 3.05) is 0 Å². The summed E-state index contributed by atoms with van der Waals surface area (Å²) in [4.78, 5) is 13.0. The molecule has 0 aliphatic carbocycles. The summed E-state index contributed by atoms with van der Waals surface area (Å²) < 4.78 is 3.65. The van der Waals surface area contributed by atoms with Crippen LogP contribution in [0.25, 0.3) is 22.7 Å². The van der Waals surface area contributed by atoms with E-state index in [0.717, 1.165) is 22.7 Å². The molecule has 0 atom stereocenters. The van der Waals surface area contributed by atoms with E-state index in [-0.39, 0.29) is 0 Å². The third-order valence-electron chi connectivity index (χ3n) is 3.05. The van der Waals surface area contributed by atoms with Gasteiger partial charge in [0.25, 0.3) is 0 Å². The Balaban J connectivity index is 1.88. The van der Waals surface area contributed by atoms with Gasteiger partial charge in [-0.3, -0.25) is 4.57 Å². The predicted molar refractivity (Wildman–Crippen MR) is 73.8 cm³/mol. The first kappa shape index (κ1) is 10.9. The number of fused-ring (bicyclic) bond motifs is 1. The number of pyridine rings is 2. The van der Waals surface area contributed by atoms with Gasteiger partial charge in [-0.25, -0.2) is 19.6 Å². The van der Waals surface area contributed by atoms with Crippen molar-refractivity contribution >= 4 is 11.2 Å². The van der Waals surface area contributed by atoms with Gasteiger partial charge in [0, 0.05) is 30.9 Å². The standard InChI is InChI=1S/C14H10N6/c1-3-12-14(16-5-1)19(10-17-12)11-4-7-15-13(9-11)20-8-2-6-18-20/h1-10H. The lowest BCUT2D eigenvalue weighted by Gasteiger charge is -2.06. The Bertz CT molecular complexity index is 862. The molecule has 20 heavy (non-hydrogen) atoms. The summed E-state index contributed by atoms with van der Waals surface area (Å²) >= 11 is 0. The number of hydrogen-bond acceptors (Lipinski definition) is 4. The highest BCUT2D eigenvalue weighted by atomic mass is 15.3. The van der Waals surface area contributed by atoms with E-state index in [1.807, 2.05) is 41.1 Å². The summed E-state index contributed by atoms with van der Waals surface area (Å²) in [6.45, 7) is 0. The SMILES string of the molecule is c1cnc2c(c1)ncn2-c1ccnc(-n2cccn2)c1. The number of aromatic nitrogens is 6. The molecule has 4 aromatic heterocycles. The summed E-state index contributed by atoms with van der Waals surface area (Å²) in [5, 5.41) is 4.18. The van der Waals surface area contributed by atoms with E-state index < -0.39 is 0 Å². The van der Waals surface area contributed by atoms with Crippen molar-refractivity contribution in [2.24, 2.45) is 0 Å². The zero-order valence-corrected chi connectivity index (χ0v) is 10.5. The van der Waals surface area contributed by atoms with Gasteiger partial charge in [-0.1, -0.05) is 0 Å². The molecular weight excluding hydrogens is 252 g/mol. The topological polar surface area (TPSA) is 61.4 Å². The smallest absolute Gasteiger partial charge is 0.164 e. The predicted octanol–water partition coefficient (Wildman–Crippen LogP) is 2.00. The number of rotatable bonds is 2. The molecule has 0 N–H and O–H groups in total. The maximum atomic E-state index is 4.37. The second kappa shape index (κ2) is 4.27. The third kappa shape index (κ3) is 1.66. The van der Waals surface area contributed by atoms with Gasteiger partial charge in [-0.15, -0.1) is 0 Å². The van der Waals surface area contributed by atoms with Crippen molar-refractivity contribution < 1.29 is 0 Å². The van der Waals surface area contributed by atoms with Gasteiger partial charge in [-0.2, -0.15) is 5.10 Å². The zero-order chi connectivity index (χ0) is 13.4. The first-order chi connectivity index (χ1) is 9.92. The van der Waals surface area contributed by atoms with Crippen molar-refractivity contribution in [3.63, 3.8) is 0 Å². The fraction of sp³-hybridized carbons (Fsp3) is 0. The van der Waals surface area contributed by atoms with E-state index in [9.17, 15) is 0 Å². The first-order valence-electron chi connectivity index (χ1n) is 6.16. The van der Waals surface area contributed by atoms with Gasteiger partial charge in [0.05, 0.1) is 5.69 Å². The molecule has 0 bridgehead atoms. The fourth-order valence-electron chi connectivity index (χ4n) is 2.13. The molecule has 0 aliphatic heterocycles. The highest BCUT2D eigenvalue weighted by Crippen LogP contribution is 2.16. The van der Waals surface area contributed by atoms with Crippen molar-refractivity contribution in [2.45, 2.75) is 0 Å². The van der Waals surface area contributed by atoms with E-state index in [1.54, 1.807) is 29.6 Å². The van der Waals surface area contributed by atoms with Crippen molar-refractivity contribution in [1.82, 2.24) is 29.3 Å². The lowest BCUT2D eigenvalue weighted by molar-refractivity contribution is 0.843. The molecule has 4 rings (SSSR count). The van der Waals surface area contributed by atoms with Crippen LogP contribution in [0.5, 0.6) is 0 Å². The van der Waals surface area contributed by atoms with Crippen LogP contribution in [0.15, 0.2) is 61.4 Å². The van der Waals surface area contributed by atoms with Crippen molar-refractivity contribution in [3.05, 3.63) is 61.4 Å². The van der Waals surface area contributed by atoms with Crippen LogP contribution in [0.2, 0.25) is 0 Å². The van der Waals surface area contributed by atoms with Crippen LogP contribution in [0.4, 0.5) is 0 Å². The van der Waals surface area contributed by atoms with Crippen LogP contribution < -0.4 is 0 Å². The highest BCUT2D eigenvalue weighted by Gasteiger charge is 2.07. The lowest BCUT2D eigenvalue weighted by atomic mass is 10.3. The number of imidazole rings is 1. The zero-order valence-electron chi connectivity index (χ0n) is 10.5. The lowest BCUT2D eigenvalue weighted by Crippen LogP contribution is -2.00. The van der Waals surface area contributed by atoms with Gasteiger partial charge < -0.3 is 0 Å². The normalized spacial score (nSPS) is 11.0. The van der Waals surface area contributed by atoms with E-state index in [2.05, 4.69) is 20.1 Å². The second-order valence-electron chi connectivity index (χ2n) is 4.28. The minimum absolute atomic E-state index is 0.755. The van der Waals surface area contributed by atoms with Crippen LogP contribution in [-0.2, 0) is 0 Å². The molecule has 0 unspecified atom stereocenters. The molecule has 4 heterocycles. The molecule has 96 valence electrons. The Kier molecular flexibility index (Phi) is 2.32. The largest absolute Gasteiger partial charge is 0.283 e. The van der Waals surface area contributed by atoms with E-state index >= 15 is 0 Å². The average Bonchev–Trinajstić information content (AvgIpc) is 3.17. The van der Waals surface area contributed by atoms with Crippen LogP contribution in [0.1, 0.15) is 0 Å². The third-order valence-corrected chi connectivity index (χ3v) is 3.05. The van der Waals surface area contributed by atoms with E-state index in [1.165, 1.54) is 0 Å². The molecule has 0 aromatic carbocycles. The van der Waals surface area contributed by atoms with Gasteiger partial charge in [0.1, 0.15) is 11.8 Å². The molecule has 0 amide bonds. The Labute approximate surface area is 114 Å². The Morgan fingerprint density at radius 2 is 1.90 bits per heavy atom. The quantitative estimate of drug-likeness (QED) is 0.554. The average molecular weight is 262 g/mol. The molecule has 0 aliphatic rings. The summed E-state index contributed by atoms with van der Waals surface area (Å²) in [6, 6.07) is 9.55. The molecule has 0 radical (unpaired) electrons. The van der Waals surface area contributed by atoms with Crippen LogP contribution in [-0.4, -0.2) is 29.3 Å². The van der Waals surface area contributed by atoms with Gasteiger partial charge >= 0.3 is 0 Å². The summed E-state index contributed by atoms with van der Waals surface area (Å²) in [5.74, 6) is 0.755. The minimum Gasteiger partial charge on any atom is -0.283 e. The summed E-state index contributed by atoms with van der Waals surface area (Å²) in [6.07, 6.45) is 8.86. The van der Waals surface area contributed by atoms with Crippen LogP contribution in [0, 0.1) is 0 Å². The Hall–Kier alpha value is -3.02. The molecule has 0 saturated heterocycles. The van der Waals surface area contributed by atoms with Gasteiger partial charge in [0.15, 0.2) is 11.5 Å².